The van der Waals surface area contributed by atoms with E-state index in [9.17, 15) is 19.5 Å². The fourth-order valence-electron chi connectivity index (χ4n) is 3.99. The summed E-state index contributed by atoms with van der Waals surface area (Å²) in [5, 5.41) is 19.9. The first-order valence-electron chi connectivity index (χ1n) is 11.6. The molecule has 0 aliphatic carbocycles. The number of amides is 2. The van der Waals surface area contributed by atoms with Gasteiger partial charge in [-0.05, 0) is 65.2 Å². The van der Waals surface area contributed by atoms with Crippen molar-refractivity contribution in [1.82, 2.24) is 20.1 Å². The van der Waals surface area contributed by atoms with Crippen LogP contribution in [0.2, 0.25) is 10.0 Å². The number of aliphatic carboxylic acids is 1. The molecule has 2 aromatic carbocycles. The van der Waals surface area contributed by atoms with Crippen molar-refractivity contribution >= 4 is 62.6 Å². The number of rotatable bonds is 8. The van der Waals surface area contributed by atoms with E-state index in [1.165, 1.54) is 23.0 Å². The Kier molecular flexibility index (Phi) is 8.69. The Labute approximate surface area is 242 Å². The molecule has 12 heteroatoms. The van der Waals surface area contributed by atoms with E-state index in [-0.39, 0.29) is 39.2 Å². The minimum absolute atomic E-state index is 0.00448. The molecule has 0 radical (unpaired) electrons. The molecule has 3 N–H and O–H groups in total. The number of hydrogen-bond donors (Lipinski definition) is 3. The third-order valence-corrected chi connectivity index (χ3v) is 6.66. The topological polar surface area (TPSA) is 126 Å². The van der Waals surface area contributed by atoms with Gasteiger partial charge in [-0.1, -0.05) is 53.0 Å². The highest BCUT2D eigenvalue weighted by molar-refractivity contribution is 9.10. The summed E-state index contributed by atoms with van der Waals surface area (Å²) in [6.45, 7) is 3.57. The maximum absolute atomic E-state index is 13.4. The van der Waals surface area contributed by atoms with Gasteiger partial charge in [0.25, 0.3) is 11.8 Å². The van der Waals surface area contributed by atoms with E-state index in [1.54, 1.807) is 31.2 Å². The quantitative estimate of drug-likeness (QED) is 0.232. The second kappa shape index (κ2) is 12.0. The first-order chi connectivity index (χ1) is 18.5. The molecule has 2 heterocycles. The molecule has 4 aromatic rings. The zero-order chi connectivity index (χ0) is 28.3. The monoisotopic (exact) mass is 629 g/mol. The molecule has 4 rings (SSSR count). The summed E-state index contributed by atoms with van der Waals surface area (Å²) in [6.07, 6.45) is 1.59. The summed E-state index contributed by atoms with van der Waals surface area (Å²) in [4.78, 5) is 43.0. The fourth-order valence-corrected chi connectivity index (χ4v) is 4.84. The molecule has 0 aliphatic rings. The molecular weight excluding hydrogens is 609 g/mol. The van der Waals surface area contributed by atoms with Gasteiger partial charge in [0, 0.05) is 23.7 Å². The van der Waals surface area contributed by atoms with Crippen LogP contribution in [0.15, 0.2) is 65.4 Å². The molecule has 0 saturated heterocycles. The Morgan fingerprint density at radius 1 is 1.05 bits per heavy atom. The zero-order valence-electron chi connectivity index (χ0n) is 20.7. The van der Waals surface area contributed by atoms with Gasteiger partial charge in [0.15, 0.2) is 5.82 Å². The Morgan fingerprint density at radius 3 is 2.51 bits per heavy atom. The maximum atomic E-state index is 13.4. The fraction of sp³-hybridized carbons (Fsp3) is 0.148. The van der Waals surface area contributed by atoms with Crippen LogP contribution in [0.25, 0.3) is 5.82 Å². The van der Waals surface area contributed by atoms with E-state index in [2.05, 4.69) is 36.6 Å². The van der Waals surface area contributed by atoms with Crippen LogP contribution in [-0.4, -0.2) is 43.7 Å². The number of anilines is 1. The van der Waals surface area contributed by atoms with Gasteiger partial charge in [0.05, 0.1) is 16.3 Å². The third kappa shape index (κ3) is 6.65. The van der Waals surface area contributed by atoms with Crippen molar-refractivity contribution in [3.8, 4) is 5.82 Å². The van der Waals surface area contributed by atoms with Gasteiger partial charge < -0.3 is 15.7 Å². The molecule has 2 amide bonds. The summed E-state index contributed by atoms with van der Waals surface area (Å²) in [5.41, 5.74) is 2.47. The lowest BCUT2D eigenvalue weighted by atomic mass is 10.0. The minimum Gasteiger partial charge on any atom is -0.480 e. The predicted octanol–water partition coefficient (Wildman–Crippen LogP) is 5.63. The molecule has 2 aromatic heterocycles. The Bertz CT molecular complexity index is 1590. The van der Waals surface area contributed by atoms with Crippen molar-refractivity contribution in [2.75, 3.05) is 5.32 Å². The van der Waals surface area contributed by atoms with Crippen LogP contribution >= 0.6 is 39.1 Å². The van der Waals surface area contributed by atoms with Gasteiger partial charge in [0.1, 0.15) is 16.3 Å². The van der Waals surface area contributed by atoms with Crippen LogP contribution in [0.3, 0.4) is 0 Å². The highest BCUT2D eigenvalue weighted by Crippen LogP contribution is 2.28. The van der Waals surface area contributed by atoms with Gasteiger partial charge in [-0.2, -0.15) is 5.10 Å². The van der Waals surface area contributed by atoms with E-state index in [0.29, 0.717) is 10.2 Å². The summed E-state index contributed by atoms with van der Waals surface area (Å²) in [6, 6.07) is 13.8. The third-order valence-electron chi connectivity index (χ3n) is 5.76. The van der Waals surface area contributed by atoms with Gasteiger partial charge in [-0.15, -0.1) is 0 Å². The second-order valence-electron chi connectivity index (χ2n) is 8.73. The number of aryl methyl sites for hydroxylation is 2. The van der Waals surface area contributed by atoms with Crippen molar-refractivity contribution in [3.05, 3.63) is 103 Å². The normalized spacial score (nSPS) is 11.6. The highest BCUT2D eigenvalue weighted by Gasteiger charge is 2.26. The molecule has 0 fully saturated rings. The molecule has 0 bridgehead atoms. The minimum atomic E-state index is -1.22. The Morgan fingerprint density at radius 2 is 1.82 bits per heavy atom. The molecule has 200 valence electrons. The molecule has 0 spiro atoms. The summed E-state index contributed by atoms with van der Waals surface area (Å²) in [5.74, 6) is -2.28. The van der Waals surface area contributed by atoms with E-state index in [1.807, 2.05) is 25.1 Å². The average molecular weight is 631 g/mol. The number of benzene rings is 2. The SMILES string of the molecule is Cc1cccc(CC(NC(=O)c2cc(Cl)cc(C)c2NC(=O)c2cc(Br)nn2-c2ncccc2Cl)C(=O)O)c1. The molecule has 1 unspecified atom stereocenters. The summed E-state index contributed by atoms with van der Waals surface area (Å²) >= 11 is 15.8. The van der Waals surface area contributed by atoms with E-state index in [0.717, 1.165) is 11.1 Å². The number of aromatic nitrogens is 3. The van der Waals surface area contributed by atoms with E-state index < -0.39 is 23.8 Å². The Hall–Kier alpha value is -3.73. The first-order valence-corrected chi connectivity index (χ1v) is 13.2. The molecular formula is C27H22BrCl2N5O4. The van der Waals surface area contributed by atoms with Crippen molar-refractivity contribution < 1.29 is 19.5 Å². The van der Waals surface area contributed by atoms with Gasteiger partial charge in [-0.3, -0.25) is 9.59 Å². The van der Waals surface area contributed by atoms with Crippen molar-refractivity contribution in [1.29, 1.82) is 0 Å². The number of pyridine rings is 1. The van der Waals surface area contributed by atoms with Crippen molar-refractivity contribution in [2.24, 2.45) is 0 Å². The standard InChI is InChI=1S/C27H22BrCl2N5O4/c1-14-5-3-6-16(9-14)11-20(27(38)39)32-25(36)18-12-17(29)10-15(2)23(18)33-26(37)21-13-22(28)34-35(21)24-19(30)7-4-8-31-24/h3-10,12-13,20H,11H2,1-2H3,(H,32,36)(H,33,37)(H,38,39). The first kappa shape index (κ1) is 28.3. The predicted molar refractivity (Wildman–Crippen MR) is 152 cm³/mol. The second-order valence-corrected chi connectivity index (χ2v) is 10.4. The largest absolute Gasteiger partial charge is 0.480 e. The number of carboxylic acid groups (broad SMARTS) is 1. The lowest BCUT2D eigenvalue weighted by Crippen LogP contribution is -2.42. The number of halogens is 3. The summed E-state index contributed by atoms with van der Waals surface area (Å²) in [7, 11) is 0. The Balaban J connectivity index is 1.65. The lowest BCUT2D eigenvalue weighted by molar-refractivity contribution is -0.139. The molecule has 9 nitrogen and oxygen atoms in total. The summed E-state index contributed by atoms with van der Waals surface area (Å²) < 4.78 is 1.63. The number of carbonyl (C=O) groups excluding carboxylic acids is 2. The van der Waals surface area contributed by atoms with Crippen LogP contribution in [0.1, 0.15) is 37.5 Å². The number of hydrogen-bond acceptors (Lipinski definition) is 5. The molecule has 0 saturated carbocycles. The van der Waals surface area contributed by atoms with E-state index in [4.69, 9.17) is 23.2 Å². The number of carboxylic acids is 1. The van der Waals surface area contributed by atoms with Gasteiger partial charge in [-0.25, -0.2) is 14.5 Å². The number of nitrogens with zero attached hydrogens (tertiary/aromatic N) is 3. The van der Waals surface area contributed by atoms with Crippen LogP contribution in [-0.2, 0) is 11.2 Å². The highest BCUT2D eigenvalue weighted by atomic mass is 79.9. The average Bonchev–Trinajstić information content (AvgIpc) is 3.26. The van der Waals surface area contributed by atoms with Gasteiger partial charge >= 0.3 is 5.97 Å². The smallest absolute Gasteiger partial charge is 0.326 e. The molecule has 0 aliphatic heterocycles. The van der Waals surface area contributed by atoms with Crippen LogP contribution in [0.4, 0.5) is 5.69 Å². The van der Waals surface area contributed by atoms with Crippen LogP contribution in [0.5, 0.6) is 0 Å². The lowest BCUT2D eigenvalue weighted by Gasteiger charge is -2.18. The van der Waals surface area contributed by atoms with Crippen molar-refractivity contribution in [2.45, 2.75) is 26.3 Å². The van der Waals surface area contributed by atoms with Crippen LogP contribution < -0.4 is 10.6 Å². The zero-order valence-corrected chi connectivity index (χ0v) is 23.8. The number of carbonyl (C=O) groups is 3. The van der Waals surface area contributed by atoms with E-state index >= 15 is 0 Å². The number of nitrogens with one attached hydrogen (secondary N) is 2. The van der Waals surface area contributed by atoms with Crippen LogP contribution in [0, 0.1) is 13.8 Å². The van der Waals surface area contributed by atoms with Crippen molar-refractivity contribution in [3.63, 3.8) is 0 Å². The molecule has 1 atom stereocenters. The van der Waals surface area contributed by atoms with Gasteiger partial charge in [0.2, 0.25) is 0 Å². The molecule has 39 heavy (non-hydrogen) atoms. The maximum Gasteiger partial charge on any atom is 0.326 e.